The molecule has 0 bridgehead atoms. The van der Waals surface area contributed by atoms with Crippen LogP contribution < -0.4 is 10.1 Å². The minimum absolute atomic E-state index is 0.302. The number of ether oxygens (including phenoxy) is 1. The van der Waals surface area contributed by atoms with Crippen molar-refractivity contribution >= 4 is 5.91 Å². The molecule has 0 aliphatic carbocycles. The minimum atomic E-state index is -0.647. The molecule has 0 radical (unpaired) electrons. The molecule has 0 aliphatic heterocycles. The number of hydrogen-bond acceptors (Lipinski definition) is 4. The summed E-state index contributed by atoms with van der Waals surface area (Å²) >= 11 is 0. The second-order valence-corrected chi connectivity index (χ2v) is 3.90. The fourth-order valence-electron chi connectivity index (χ4n) is 1.43. The molecule has 0 aliphatic rings. The molecule has 5 heteroatoms. The van der Waals surface area contributed by atoms with Gasteiger partial charge in [-0.25, -0.2) is 0 Å². The largest absolute Gasteiger partial charge is 0.481 e. The van der Waals surface area contributed by atoms with Gasteiger partial charge in [-0.3, -0.25) is 4.79 Å². The van der Waals surface area contributed by atoms with E-state index in [0.717, 1.165) is 0 Å². The zero-order valence-corrected chi connectivity index (χ0v) is 10.4. The zero-order chi connectivity index (χ0) is 13.4. The Hall–Kier alpha value is -1.59. The van der Waals surface area contributed by atoms with E-state index in [-0.39, 0.29) is 19.1 Å². The molecule has 100 valence electrons. The van der Waals surface area contributed by atoms with Gasteiger partial charge in [-0.15, -0.1) is 0 Å². The molecule has 18 heavy (non-hydrogen) atoms. The lowest BCUT2D eigenvalue weighted by molar-refractivity contribution is -0.129. The normalized spacial score (nSPS) is 12.2. The molecule has 3 N–H and O–H groups in total. The average molecular weight is 253 g/mol. The highest BCUT2D eigenvalue weighted by Gasteiger charge is 2.20. The van der Waals surface area contributed by atoms with Crippen LogP contribution in [0.2, 0.25) is 0 Å². The highest BCUT2D eigenvalue weighted by molar-refractivity contribution is 5.81. The standard InChI is InChI=1S/C13H19NO4/c1-2-12(13(17)14-10(8-15)9-16)18-11-6-4-3-5-7-11/h3-7,10,12,15-16H,2,8-9H2,1H3,(H,14,17). The number of aliphatic hydroxyl groups is 2. The van der Waals surface area contributed by atoms with Crippen molar-refractivity contribution in [3.8, 4) is 5.75 Å². The number of rotatable bonds is 7. The van der Waals surface area contributed by atoms with Gasteiger partial charge in [0, 0.05) is 0 Å². The van der Waals surface area contributed by atoms with Crippen molar-refractivity contribution < 1.29 is 19.7 Å². The van der Waals surface area contributed by atoms with Crippen molar-refractivity contribution in [2.45, 2.75) is 25.5 Å². The van der Waals surface area contributed by atoms with E-state index >= 15 is 0 Å². The third-order valence-corrected chi connectivity index (χ3v) is 2.47. The van der Waals surface area contributed by atoms with Crippen molar-refractivity contribution in [3.63, 3.8) is 0 Å². The summed E-state index contributed by atoms with van der Waals surface area (Å²) < 4.78 is 5.54. The highest BCUT2D eigenvalue weighted by Crippen LogP contribution is 2.12. The molecule has 1 aromatic rings. The second-order valence-electron chi connectivity index (χ2n) is 3.90. The number of hydrogen-bond donors (Lipinski definition) is 3. The first-order valence-corrected chi connectivity index (χ1v) is 5.95. The van der Waals surface area contributed by atoms with Crippen LogP contribution in [0.5, 0.6) is 5.75 Å². The van der Waals surface area contributed by atoms with Crippen molar-refractivity contribution in [3.05, 3.63) is 30.3 Å². The Morgan fingerprint density at radius 3 is 2.39 bits per heavy atom. The van der Waals surface area contributed by atoms with Crippen LogP contribution in [0.4, 0.5) is 0 Å². The maximum atomic E-state index is 11.8. The smallest absolute Gasteiger partial charge is 0.261 e. The summed E-state index contributed by atoms with van der Waals surface area (Å²) in [4.78, 5) is 11.8. The third kappa shape index (κ3) is 4.35. The first kappa shape index (κ1) is 14.5. The van der Waals surface area contributed by atoms with Crippen molar-refractivity contribution in [1.82, 2.24) is 5.32 Å². The van der Waals surface area contributed by atoms with Crippen LogP contribution in [-0.4, -0.2) is 41.5 Å². The van der Waals surface area contributed by atoms with E-state index in [2.05, 4.69) is 5.32 Å². The maximum absolute atomic E-state index is 11.8. The van der Waals surface area contributed by atoms with E-state index in [4.69, 9.17) is 14.9 Å². The molecule has 5 nitrogen and oxygen atoms in total. The Balaban J connectivity index is 2.58. The van der Waals surface area contributed by atoms with E-state index in [1.807, 2.05) is 25.1 Å². The van der Waals surface area contributed by atoms with Crippen LogP contribution in [0.15, 0.2) is 30.3 Å². The van der Waals surface area contributed by atoms with Gasteiger partial charge in [0.05, 0.1) is 19.3 Å². The summed E-state index contributed by atoms with van der Waals surface area (Å²) in [6.45, 7) is 1.23. The molecule has 0 fully saturated rings. The summed E-state index contributed by atoms with van der Waals surface area (Å²) in [6, 6.07) is 8.40. The van der Waals surface area contributed by atoms with Gasteiger partial charge in [0.1, 0.15) is 5.75 Å². The van der Waals surface area contributed by atoms with E-state index in [1.165, 1.54) is 0 Å². The second kappa shape index (κ2) is 7.68. The first-order valence-electron chi connectivity index (χ1n) is 5.95. The molecule has 1 atom stereocenters. The van der Waals surface area contributed by atoms with Gasteiger partial charge in [0.2, 0.25) is 0 Å². The summed E-state index contributed by atoms with van der Waals surface area (Å²) in [7, 11) is 0. The number of aliphatic hydroxyl groups excluding tert-OH is 2. The van der Waals surface area contributed by atoms with Gasteiger partial charge in [-0.2, -0.15) is 0 Å². The predicted octanol–water partition coefficient (Wildman–Crippen LogP) is 0.313. The Labute approximate surface area is 106 Å². The van der Waals surface area contributed by atoms with Crippen LogP contribution in [0.25, 0.3) is 0 Å². The van der Waals surface area contributed by atoms with Gasteiger partial charge < -0.3 is 20.3 Å². The molecule has 0 heterocycles. The van der Waals surface area contributed by atoms with E-state index in [9.17, 15) is 4.79 Å². The van der Waals surface area contributed by atoms with Crippen molar-refractivity contribution in [1.29, 1.82) is 0 Å². The predicted molar refractivity (Wildman–Crippen MR) is 67.3 cm³/mol. The van der Waals surface area contributed by atoms with Crippen LogP contribution in [0, 0.1) is 0 Å². The van der Waals surface area contributed by atoms with Gasteiger partial charge in [0.15, 0.2) is 6.10 Å². The van der Waals surface area contributed by atoms with Crippen molar-refractivity contribution in [2.75, 3.05) is 13.2 Å². The van der Waals surface area contributed by atoms with Crippen LogP contribution in [0.3, 0.4) is 0 Å². The zero-order valence-electron chi connectivity index (χ0n) is 10.4. The molecular weight excluding hydrogens is 234 g/mol. The number of para-hydroxylation sites is 1. The number of carbonyl (C=O) groups is 1. The maximum Gasteiger partial charge on any atom is 0.261 e. The fourth-order valence-corrected chi connectivity index (χ4v) is 1.43. The number of carbonyl (C=O) groups excluding carboxylic acids is 1. The Bertz CT molecular complexity index is 351. The molecule has 1 rings (SSSR count). The lowest BCUT2D eigenvalue weighted by atomic mass is 10.2. The monoisotopic (exact) mass is 253 g/mol. The molecule has 1 unspecified atom stereocenters. The lowest BCUT2D eigenvalue weighted by Crippen LogP contribution is -2.46. The summed E-state index contributed by atoms with van der Waals surface area (Å²) in [5, 5.41) is 20.3. The van der Waals surface area contributed by atoms with Gasteiger partial charge >= 0.3 is 0 Å². The molecule has 0 saturated carbocycles. The average Bonchev–Trinajstić information content (AvgIpc) is 2.43. The van der Waals surface area contributed by atoms with Crippen LogP contribution in [0.1, 0.15) is 13.3 Å². The first-order chi connectivity index (χ1) is 8.71. The summed E-state index contributed by atoms with van der Waals surface area (Å²) in [5.74, 6) is 0.276. The molecule has 0 aromatic heterocycles. The molecule has 1 amide bonds. The number of amides is 1. The SMILES string of the molecule is CCC(Oc1ccccc1)C(=O)NC(CO)CO. The topological polar surface area (TPSA) is 78.8 Å². The Kier molecular flexibility index (Phi) is 6.18. The number of nitrogens with one attached hydrogen (secondary N) is 1. The number of benzene rings is 1. The Morgan fingerprint density at radius 1 is 1.28 bits per heavy atom. The third-order valence-electron chi connectivity index (χ3n) is 2.47. The Morgan fingerprint density at radius 2 is 1.89 bits per heavy atom. The van der Waals surface area contributed by atoms with Crippen molar-refractivity contribution in [2.24, 2.45) is 0 Å². The van der Waals surface area contributed by atoms with Gasteiger partial charge in [-0.1, -0.05) is 25.1 Å². The quantitative estimate of drug-likeness (QED) is 0.653. The highest BCUT2D eigenvalue weighted by atomic mass is 16.5. The van der Waals surface area contributed by atoms with Crippen LogP contribution in [-0.2, 0) is 4.79 Å². The lowest BCUT2D eigenvalue weighted by Gasteiger charge is -2.20. The molecule has 0 spiro atoms. The van der Waals surface area contributed by atoms with E-state index in [0.29, 0.717) is 12.2 Å². The fraction of sp³-hybridized carbons (Fsp3) is 0.462. The minimum Gasteiger partial charge on any atom is -0.481 e. The van der Waals surface area contributed by atoms with Gasteiger partial charge in [-0.05, 0) is 18.6 Å². The summed E-state index contributed by atoms with van der Waals surface area (Å²) in [6.07, 6.45) is -0.127. The molecule has 0 saturated heterocycles. The molecular formula is C13H19NO4. The summed E-state index contributed by atoms with van der Waals surface area (Å²) in [5.41, 5.74) is 0. The van der Waals surface area contributed by atoms with E-state index < -0.39 is 12.1 Å². The molecule has 1 aromatic carbocycles. The van der Waals surface area contributed by atoms with Crippen LogP contribution >= 0.6 is 0 Å². The van der Waals surface area contributed by atoms with E-state index in [1.54, 1.807) is 12.1 Å². The van der Waals surface area contributed by atoms with Gasteiger partial charge in [0.25, 0.3) is 5.91 Å².